The minimum atomic E-state index is -0.324. The van der Waals surface area contributed by atoms with Gasteiger partial charge in [-0.3, -0.25) is 9.59 Å². The topological polar surface area (TPSA) is 90.1 Å². The van der Waals surface area contributed by atoms with Gasteiger partial charge in [0.25, 0.3) is 0 Å². The summed E-state index contributed by atoms with van der Waals surface area (Å²) in [6.07, 6.45) is 4.85. The molecule has 0 atom stereocenters. The number of carbonyl (C=O) groups excluding carboxylic acids is 2. The lowest BCUT2D eigenvalue weighted by Crippen LogP contribution is -2.55. The lowest BCUT2D eigenvalue weighted by atomic mass is 9.80. The normalized spacial score (nSPS) is 17.8. The van der Waals surface area contributed by atoms with Gasteiger partial charge in [-0.25, -0.2) is 9.37 Å². The van der Waals surface area contributed by atoms with E-state index in [9.17, 15) is 14.0 Å². The average molecular weight is 399 g/mol. The van der Waals surface area contributed by atoms with E-state index < -0.39 is 0 Å². The molecule has 0 saturated carbocycles. The fourth-order valence-electron chi connectivity index (χ4n) is 4.30. The minimum absolute atomic E-state index is 0.0555. The highest BCUT2D eigenvalue weighted by Gasteiger charge is 2.41. The number of benzene rings is 1. The van der Waals surface area contributed by atoms with Crippen molar-refractivity contribution in [1.29, 1.82) is 0 Å². The first-order valence-corrected chi connectivity index (χ1v) is 10.1. The Kier molecular flexibility index (Phi) is 5.62. The quantitative estimate of drug-likeness (QED) is 0.706. The highest BCUT2D eigenvalue weighted by Crippen LogP contribution is 2.35. The van der Waals surface area contributed by atoms with Crippen molar-refractivity contribution in [3.63, 3.8) is 0 Å². The number of H-pyrrole nitrogens is 1. The van der Waals surface area contributed by atoms with Gasteiger partial charge >= 0.3 is 0 Å². The molecule has 1 fully saturated rings. The summed E-state index contributed by atoms with van der Waals surface area (Å²) in [5.41, 5.74) is 2.92. The lowest BCUT2D eigenvalue weighted by molar-refractivity contribution is -0.133. The second-order valence-corrected chi connectivity index (χ2v) is 7.77. The van der Waals surface area contributed by atoms with E-state index in [2.05, 4.69) is 20.6 Å². The second kappa shape index (κ2) is 8.32. The molecule has 29 heavy (non-hydrogen) atoms. The molecule has 8 heteroatoms. The number of rotatable bonds is 5. The Morgan fingerprint density at radius 2 is 1.97 bits per heavy atom. The summed E-state index contributed by atoms with van der Waals surface area (Å²) in [5, 5.41) is 6.40. The number of nitrogens with zero attached hydrogens (tertiary/aromatic N) is 2. The van der Waals surface area contributed by atoms with Gasteiger partial charge < -0.3 is 20.5 Å². The molecule has 2 aliphatic heterocycles. The van der Waals surface area contributed by atoms with Crippen LogP contribution in [0.5, 0.6) is 0 Å². The Balaban J connectivity index is 1.22. The van der Waals surface area contributed by atoms with E-state index in [1.54, 1.807) is 18.5 Å². The summed E-state index contributed by atoms with van der Waals surface area (Å²) in [7, 11) is 0. The molecule has 2 amide bonds. The van der Waals surface area contributed by atoms with Crippen molar-refractivity contribution in [2.24, 2.45) is 0 Å². The summed E-state index contributed by atoms with van der Waals surface area (Å²) in [4.78, 5) is 34.2. The number of hydrogen-bond acceptors (Lipinski definition) is 4. The highest BCUT2D eigenvalue weighted by atomic mass is 19.1. The molecular weight excluding hydrogens is 373 g/mol. The molecule has 154 valence electrons. The standard InChI is InChI=1S/C21H26FN5O2/c22-16-3-1-15(2-4-16)13-18(28)23-9-6-19(29)27-11-7-21(8-12-27)20-17(5-10-26-21)24-14-25-20/h1-4,14,26H,5-13H2,(H,23,28)(H,24,25). The van der Waals surface area contributed by atoms with Gasteiger partial charge in [-0.1, -0.05) is 12.1 Å². The number of halogens is 1. The SMILES string of the molecule is O=C(Cc1ccc(F)cc1)NCCC(=O)N1CCC2(CC1)NCCc1[nH]cnc12. The van der Waals surface area contributed by atoms with Gasteiger partial charge in [-0.05, 0) is 30.5 Å². The van der Waals surface area contributed by atoms with Crippen LogP contribution in [0.3, 0.4) is 0 Å². The van der Waals surface area contributed by atoms with Crippen LogP contribution < -0.4 is 10.6 Å². The van der Waals surface area contributed by atoms with E-state index in [0.29, 0.717) is 19.6 Å². The monoisotopic (exact) mass is 399 g/mol. The maximum atomic E-state index is 12.9. The van der Waals surface area contributed by atoms with E-state index >= 15 is 0 Å². The zero-order valence-corrected chi connectivity index (χ0v) is 16.3. The Bertz CT molecular complexity index is 871. The highest BCUT2D eigenvalue weighted by molar-refractivity contribution is 5.80. The molecule has 0 bridgehead atoms. The smallest absolute Gasteiger partial charge is 0.224 e. The predicted octanol–water partition coefficient (Wildman–Crippen LogP) is 1.26. The first-order valence-electron chi connectivity index (χ1n) is 10.1. The van der Waals surface area contributed by atoms with Crippen molar-refractivity contribution in [2.75, 3.05) is 26.2 Å². The van der Waals surface area contributed by atoms with Gasteiger partial charge in [0.1, 0.15) is 5.82 Å². The van der Waals surface area contributed by atoms with E-state index in [0.717, 1.165) is 37.1 Å². The van der Waals surface area contributed by atoms with Gasteiger partial charge in [0.05, 0.1) is 24.0 Å². The van der Waals surface area contributed by atoms with Crippen LogP contribution in [-0.2, 0) is 28.0 Å². The molecule has 3 N–H and O–H groups in total. The maximum absolute atomic E-state index is 12.9. The van der Waals surface area contributed by atoms with Gasteiger partial charge in [0.15, 0.2) is 0 Å². The molecule has 2 aromatic rings. The van der Waals surface area contributed by atoms with Gasteiger partial charge in [0, 0.05) is 44.7 Å². The van der Waals surface area contributed by atoms with Gasteiger partial charge in [-0.15, -0.1) is 0 Å². The summed E-state index contributed by atoms with van der Waals surface area (Å²) in [6, 6.07) is 5.85. The largest absolute Gasteiger partial charge is 0.355 e. The van der Waals surface area contributed by atoms with E-state index in [1.807, 2.05) is 4.90 Å². The number of piperidine rings is 1. The van der Waals surface area contributed by atoms with E-state index in [4.69, 9.17) is 0 Å². The first kappa shape index (κ1) is 19.6. The van der Waals surface area contributed by atoms with Crippen LogP contribution in [0.25, 0.3) is 0 Å². The number of aromatic amines is 1. The van der Waals surface area contributed by atoms with Crippen molar-refractivity contribution in [3.8, 4) is 0 Å². The van der Waals surface area contributed by atoms with Crippen LogP contribution in [0, 0.1) is 5.82 Å². The number of fused-ring (bicyclic) bond motifs is 2. The molecule has 1 aromatic heterocycles. The Morgan fingerprint density at radius 3 is 2.72 bits per heavy atom. The lowest BCUT2D eigenvalue weighted by Gasteiger charge is -2.44. The molecule has 3 heterocycles. The minimum Gasteiger partial charge on any atom is -0.355 e. The predicted molar refractivity (Wildman–Crippen MR) is 106 cm³/mol. The van der Waals surface area contributed by atoms with Crippen molar-refractivity contribution in [1.82, 2.24) is 25.5 Å². The third-order valence-electron chi connectivity index (χ3n) is 5.92. The fourth-order valence-corrected chi connectivity index (χ4v) is 4.30. The van der Waals surface area contributed by atoms with Crippen molar-refractivity contribution in [2.45, 2.75) is 37.6 Å². The molecule has 0 unspecified atom stereocenters. The van der Waals surface area contributed by atoms with Gasteiger partial charge in [0.2, 0.25) is 11.8 Å². The number of aromatic nitrogens is 2. The Morgan fingerprint density at radius 1 is 1.21 bits per heavy atom. The number of imidazole rings is 1. The summed E-state index contributed by atoms with van der Waals surface area (Å²) in [5.74, 6) is -0.436. The third-order valence-corrected chi connectivity index (χ3v) is 5.92. The molecule has 0 aliphatic carbocycles. The molecule has 2 aliphatic rings. The number of likely N-dealkylation sites (tertiary alicyclic amines) is 1. The third kappa shape index (κ3) is 4.32. The van der Waals surface area contributed by atoms with Crippen LogP contribution in [0.2, 0.25) is 0 Å². The summed E-state index contributed by atoms with van der Waals surface area (Å²) < 4.78 is 12.9. The second-order valence-electron chi connectivity index (χ2n) is 7.77. The van der Waals surface area contributed by atoms with Crippen LogP contribution >= 0.6 is 0 Å². The Hall–Kier alpha value is -2.74. The number of hydrogen-bond donors (Lipinski definition) is 3. The summed E-state index contributed by atoms with van der Waals surface area (Å²) in [6.45, 7) is 2.59. The van der Waals surface area contributed by atoms with E-state index in [1.165, 1.54) is 17.8 Å². The average Bonchev–Trinajstić information content (AvgIpc) is 3.21. The molecular formula is C21H26FN5O2. The van der Waals surface area contributed by atoms with Crippen molar-refractivity contribution >= 4 is 11.8 Å². The summed E-state index contributed by atoms with van der Waals surface area (Å²) >= 11 is 0. The van der Waals surface area contributed by atoms with Crippen LogP contribution in [-0.4, -0.2) is 52.9 Å². The Labute approximate surface area is 169 Å². The van der Waals surface area contributed by atoms with Crippen LogP contribution in [0.1, 0.15) is 36.2 Å². The van der Waals surface area contributed by atoms with Crippen molar-refractivity contribution in [3.05, 3.63) is 53.4 Å². The molecule has 0 radical (unpaired) electrons. The number of amides is 2. The van der Waals surface area contributed by atoms with Crippen LogP contribution in [0.4, 0.5) is 4.39 Å². The zero-order valence-electron chi connectivity index (χ0n) is 16.3. The molecule has 7 nitrogen and oxygen atoms in total. The molecule has 4 rings (SSSR count). The van der Waals surface area contributed by atoms with Crippen LogP contribution in [0.15, 0.2) is 30.6 Å². The fraction of sp³-hybridized carbons (Fsp3) is 0.476. The zero-order chi connectivity index (χ0) is 20.3. The first-order chi connectivity index (χ1) is 14.1. The molecule has 1 aromatic carbocycles. The molecule has 1 saturated heterocycles. The maximum Gasteiger partial charge on any atom is 0.224 e. The van der Waals surface area contributed by atoms with E-state index in [-0.39, 0.29) is 36.0 Å². The number of carbonyl (C=O) groups is 2. The van der Waals surface area contributed by atoms with Gasteiger partial charge in [-0.2, -0.15) is 0 Å². The molecule has 1 spiro atoms. The van der Waals surface area contributed by atoms with Crippen molar-refractivity contribution < 1.29 is 14.0 Å². The number of nitrogens with one attached hydrogen (secondary N) is 3.